The molecule has 152 valence electrons. The zero-order chi connectivity index (χ0) is 20.9. The van der Waals surface area contributed by atoms with Gasteiger partial charge in [0.15, 0.2) is 0 Å². The molecule has 0 spiro atoms. The van der Waals surface area contributed by atoms with E-state index in [0.717, 1.165) is 27.8 Å². The minimum absolute atomic E-state index is 0.119. The number of aryl methyl sites for hydroxylation is 1. The number of benzene rings is 3. The van der Waals surface area contributed by atoms with Crippen molar-refractivity contribution >= 4 is 22.5 Å². The molecule has 1 N–H and O–H groups in total. The van der Waals surface area contributed by atoms with Gasteiger partial charge in [0.25, 0.3) is 0 Å². The quantitative estimate of drug-likeness (QED) is 0.465. The van der Waals surface area contributed by atoms with Gasteiger partial charge in [-0.25, -0.2) is 0 Å². The molecular weight excluding hydrogens is 376 g/mol. The number of carbonyl (C=O) groups excluding carboxylic acids is 1. The third kappa shape index (κ3) is 4.30. The first-order chi connectivity index (χ1) is 14.6. The highest BCUT2D eigenvalue weighted by atomic mass is 16.5. The summed E-state index contributed by atoms with van der Waals surface area (Å²) >= 11 is 0. The summed E-state index contributed by atoms with van der Waals surface area (Å²) in [5.74, 6) is 1.32. The van der Waals surface area contributed by atoms with E-state index in [9.17, 15) is 4.79 Å². The highest BCUT2D eigenvalue weighted by Crippen LogP contribution is 2.28. The van der Waals surface area contributed by atoms with Gasteiger partial charge in [0.05, 0.1) is 18.3 Å². The van der Waals surface area contributed by atoms with Crippen molar-refractivity contribution in [1.82, 2.24) is 4.57 Å². The van der Waals surface area contributed by atoms with Crippen LogP contribution in [0.5, 0.6) is 11.5 Å². The molecule has 1 heterocycles. The molecule has 0 aliphatic heterocycles. The number of nitrogens with one attached hydrogen (secondary N) is 1. The van der Waals surface area contributed by atoms with Gasteiger partial charge in [-0.2, -0.15) is 0 Å². The predicted octanol–water partition coefficient (Wildman–Crippen LogP) is 5.18. The van der Waals surface area contributed by atoms with E-state index in [1.165, 1.54) is 0 Å². The Labute approximate surface area is 175 Å². The van der Waals surface area contributed by atoms with Crippen LogP contribution in [0.1, 0.15) is 11.1 Å². The highest BCUT2D eigenvalue weighted by molar-refractivity contribution is 5.94. The summed E-state index contributed by atoms with van der Waals surface area (Å²) < 4.78 is 13.3. The third-order valence-electron chi connectivity index (χ3n) is 4.95. The van der Waals surface area contributed by atoms with E-state index >= 15 is 0 Å². The number of hydrogen-bond acceptors (Lipinski definition) is 3. The number of nitrogens with zero attached hydrogens (tertiary/aromatic N) is 1. The van der Waals surface area contributed by atoms with E-state index in [2.05, 4.69) is 5.32 Å². The van der Waals surface area contributed by atoms with Gasteiger partial charge in [0.1, 0.15) is 24.7 Å². The second kappa shape index (κ2) is 8.74. The number of amides is 1. The van der Waals surface area contributed by atoms with Crippen LogP contribution < -0.4 is 14.8 Å². The summed E-state index contributed by atoms with van der Waals surface area (Å²) in [5, 5.41) is 3.93. The molecule has 5 nitrogen and oxygen atoms in total. The first-order valence-electron chi connectivity index (χ1n) is 9.83. The number of anilines is 1. The summed E-state index contributed by atoms with van der Waals surface area (Å²) in [6.07, 6.45) is 1.91. The third-order valence-corrected chi connectivity index (χ3v) is 4.95. The molecule has 0 saturated heterocycles. The normalized spacial score (nSPS) is 10.7. The second-order valence-corrected chi connectivity index (χ2v) is 7.16. The predicted molar refractivity (Wildman–Crippen MR) is 119 cm³/mol. The number of rotatable bonds is 7. The van der Waals surface area contributed by atoms with Crippen molar-refractivity contribution in [2.24, 2.45) is 0 Å². The molecule has 5 heteroatoms. The Bertz CT molecular complexity index is 1170. The maximum atomic E-state index is 12.7. The van der Waals surface area contributed by atoms with Crippen molar-refractivity contribution in [1.29, 1.82) is 0 Å². The number of aromatic nitrogens is 1. The lowest BCUT2D eigenvalue weighted by Crippen LogP contribution is -2.18. The molecule has 4 rings (SSSR count). The molecular formula is C25H24N2O3. The van der Waals surface area contributed by atoms with Crippen LogP contribution in [0.4, 0.5) is 5.69 Å². The molecule has 4 aromatic rings. The number of ether oxygens (including phenoxy) is 2. The van der Waals surface area contributed by atoms with Gasteiger partial charge < -0.3 is 19.4 Å². The van der Waals surface area contributed by atoms with E-state index in [0.29, 0.717) is 18.0 Å². The van der Waals surface area contributed by atoms with Crippen molar-refractivity contribution < 1.29 is 14.3 Å². The first-order valence-corrected chi connectivity index (χ1v) is 9.83. The van der Waals surface area contributed by atoms with Crippen molar-refractivity contribution in [2.75, 3.05) is 12.4 Å². The molecule has 0 saturated carbocycles. The Morgan fingerprint density at radius 2 is 1.80 bits per heavy atom. The fourth-order valence-corrected chi connectivity index (χ4v) is 3.46. The molecule has 0 atom stereocenters. The molecule has 0 bridgehead atoms. The minimum Gasteiger partial charge on any atom is -0.495 e. The van der Waals surface area contributed by atoms with Crippen LogP contribution >= 0.6 is 0 Å². The van der Waals surface area contributed by atoms with Crippen LogP contribution in [-0.4, -0.2) is 17.6 Å². The van der Waals surface area contributed by atoms with Gasteiger partial charge in [0.2, 0.25) is 5.91 Å². The van der Waals surface area contributed by atoms with Crippen molar-refractivity contribution in [3.63, 3.8) is 0 Å². The zero-order valence-corrected chi connectivity index (χ0v) is 17.1. The lowest BCUT2D eigenvalue weighted by molar-refractivity contribution is -0.116. The standard InChI is InChI=1S/C25H24N2O3/c1-18-11-12-24(29-2)21(15-18)26-25(28)16-27-14-13-20-22(27)9-6-10-23(20)30-17-19-7-4-3-5-8-19/h3-15H,16-17H2,1-2H3,(H,26,28). The fourth-order valence-electron chi connectivity index (χ4n) is 3.46. The van der Waals surface area contributed by atoms with E-state index in [1.807, 2.05) is 90.5 Å². The molecule has 1 amide bonds. The van der Waals surface area contributed by atoms with E-state index < -0.39 is 0 Å². The molecule has 0 unspecified atom stereocenters. The summed E-state index contributed by atoms with van der Waals surface area (Å²) in [6, 6.07) is 23.6. The van der Waals surface area contributed by atoms with Gasteiger partial charge in [0, 0.05) is 11.6 Å². The summed E-state index contributed by atoms with van der Waals surface area (Å²) in [6.45, 7) is 2.67. The lowest BCUT2D eigenvalue weighted by atomic mass is 10.2. The highest BCUT2D eigenvalue weighted by Gasteiger charge is 2.12. The number of hydrogen-bond donors (Lipinski definition) is 1. The SMILES string of the molecule is COc1ccc(C)cc1NC(=O)Cn1ccc2c(OCc3ccccc3)cccc21. The lowest BCUT2D eigenvalue weighted by Gasteiger charge is -2.12. The maximum absolute atomic E-state index is 12.7. The monoisotopic (exact) mass is 400 g/mol. The first kappa shape index (κ1) is 19.6. The average molecular weight is 400 g/mol. The number of fused-ring (bicyclic) bond motifs is 1. The molecule has 30 heavy (non-hydrogen) atoms. The Hall–Kier alpha value is -3.73. The van der Waals surface area contributed by atoms with Gasteiger partial charge in [-0.1, -0.05) is 42.5 Å². The molecule has 0 aliphatic carbocycles. The Morgan fingerprint density at radius 1 is 0.967 bits per heavy atom. The van der Waals surface area contributed by atoms with Crippen LogP contribution in [-0.2, 0) is 17.9 Å². The smallest absolute Gasteiger partial charge is 0.244 e. The van der Waals surface area contributed by atoms with Crippen LogP contribution in [0.2, 0.25) is 0 Å². The Balaban J connectivity index is 1.50. The van der Waals surface area contributed by atoms with E-state index in [1.54, 1.807) is 7.11 Å². The van der Waals surface area contributed by atoms with Crippen LogP contribution in [0.3, 0.4) is 0 Å². The van der Waals surface area contributed by atoms with Crippen LogP contribution in [0, 0.1) is 6.92 Å². The Morgan fingerprint density at radius 3 is 2.60 bits per heavy atom. The van der Waals surface area contributed by atoms with Crippen LogP contribution in [0.25, 0.3) is 10.9 Å². The number of carbonyl (C=O) groups is 1. The zero-order valence-electron chi connectivity index (χ0n) is 17.1. The minimum atomic E-state index is -0.119. The van der Waals surface area contributed by atoms with Crippen molar-refractivity contribution in [3.05, 3.63) is 90.1 Å². The van der Waals surface area contributed by atoms with Crippen LogP contribution in [0.15, 0.2) is 79.0 Å². The second-order valence-electron chi connectivity index (χ2n) is 7.16. The largest absolute Gasteiger partial charge is 0.495 e. The summed E-state index contributed by atoms with van der Waals surface area (Å²) in [4.78, 5) is 12.7. The molecule has 0 aliphatic rings. The van der Waals surface area contributed by atoms with E-state index in [-0.39, 0.29) is 12.5 Å². The summed E-state index contributed by atoms with van der Waals surface area (Å²) in [7, 11) is 1.59. The molecule has 0 radical (unpaired) electrons. The molecule has 0 fully saturated rings. The summed E-state index contributed by atoms with van der Waals surface area (Å²) in [5.41, 5.74) is 3.79. The number of methoxy groups -OCH3 is 1. The van der Waals surface area contributed by atoms with Gasteiger partial charge in [-0.05, 0) is 48.4 Å². The van der Waals surface area contributed by atoms with E-state index in [4.69, 9.17) is 9.47 Å². The molecule has 3 aromatic carbocycles. The fraction of sp³-hybridized carbons (Fsp3) is 0.160. The maximum Gasteiger partial charge on any atom is 0.244 e. The van der Waals surface area contributed by atoms with Gasteiger partial charge in [-0.15, -0.1) is 0 Å². The van der Waals surface area contributed by atoms with Crippen molar-refractivity contribution in [3.8, 4) is 11.5 Å². The average Bonchev–Trinajstić information content (AvgIpc) is 3.16. The van der Waals surface area contributed by atoms with Crippen molar-refractivity contribution in [2.45, 2.75) is 20.1 Å². The topological polar surface area (TPSA) is 52.5 Å². The van der Waals surface area contributed by atoms with Gasteiger partial charge >= 0.3 is 0 Å². The molecule has 1 aromatic heterocycles. The van der Waals surface area contributed by atoms with Gasteiger partial charge in [-0.3, -0.25) is 4.79 Å². The Kier molecular flexibility index (Phi) is 5.70.